The Bertz CT molecular complexity index is 1460. The first-order valence-electron chi connectivity index (χ1n) is 16.2. The van der Waals surface area contributed by atoms with Crippen LogP contribution in [0.25, 0.3) is 0 Å². The lowest BCUT2D eigenvalue weighted by Gasteiger charge is -2.49. The summed E-state index contributed by atoms with van der Waals surface area (Å²) in [6.07, 6.45) is 8.36. The molecule has 1 N–H and O–H groups in total. The zero-order chi connectivity index (χ0) is 29.4. The normalized spacial score (nSPS) is 27.7. The van der Waals surface area contributed by atoms with E-state index in [4.69, 9.17) is 0 Å². The van der Waals surface area contributed by atoms with Gasteiger partial charge in [-0.3, -0.25) is 9.59 Å². The molecule has 4 atom stereocenters. The average Bonchev–Trinajstić information content (AvgIpc) is 3.48. The Hall–Kier alpha value is -2.96. The molecular formula is C37H42BrN3O2. The van der Waals surface area contributed by atoms with Crippen molar-refractivity contribution in [2.75, 3.05) is 26.2 Å². The van der Waals surface area contributed by atoms with Gasteiger partial charge in [0.2, 0.25) is 5.91 Å². The number of fused-ring (bicyclic) bond motifs is 2. The van der Waals surface area contributed by atoms with Gasteiger partial charge in [-0.2, -0.15) is 0 Å². The summed E-state index contributed by atoms with van der Waals surface area (Å²) in [6.45, 7) is 3.26. The van der Waals surface area contributed by atoms with Gasteiger partial charge in [-0.05, 0) is 78.5 Å². The van der Waals surface area contributed by atoms with Crippen LogP contribution in [0.3, 0.4) is 0 Å². The van der Waals surface area contributed by atoms with Gasteiger partial charge in [-0.1, -0.05) is 89.8 Å². The van der Waals surface area contributed by atoms with Crippen LogP contribution in [-0.4, -0.2) is 53.8 Å². The maximum absolute atomic E-state index is 15.0. The molecule has 1 aliphatic carbocycles. The summed E-state index contributed by atoms with van der Waals surface area (Å²) in [6, 6.07) is 27.3. The lowest BCUT2D eigenvalue weighted by Crippen LogP contribution is -2.58. The van der Waals surface area contributed by atoms with Crippen LogP contribution in [0.4, 0.5) is 0 Å². The number of halogens is 1. The monoisotopic (exact) mass is 639 g/mol. The summed E-state index contributed by atoms with van der Waals surface area (Å²) in [5, 5.41) is 3.64. The van der Waals surface area contributed by atoms with Gasteiger partial charge in [-0.15, -0.1) is 0 Å². The Morgan fingerprint density at radius 3 is 2.40 bits per heavy atom. The van der Waals surface area contributed by atoms with Crippen molar-refractivity contribution >= 4 is 27.7 Å². The topological polar surface area (TPSA) is 52.7 Å². The minimum Gasteiger partial charge on any atom is -0.339 e. The van der Waals surface area contributed by atoms with Gasteiger partial charge < -0.3 is 15.1 Å². The number of benzene rings is 3. The van der Waals surface area contributed by atoms with Gasteiger partial charge in [0.1, 0.15) is 0 Å². The smallest absolute Gasteiger partial charge is 0.254 e. The van der Waals surface area contributed by atoms with Crippen LogP contribution >= 0.6 is 15.9 Å². The van der Waals surface area contributed by atoms with E-state index in [1.807, 2.05) is 35.2 Å². The predicted octanol–water partition coefficient (Wildman–Crippen LogP) is 6.92. The highest BCUT2D eigenvalue weighted by atomic mass is 79.9. The molecule has 5 nitrogen and oxygen atoms in total. The molecule has 2 amide bonds. The van der Waals surface area contributed by atoms with Crippen LogP contribution in [0.2, 0.25) is 0 Å². The highest BCUT2D eigenvalue weighted by Gasteiger charge is 2.54. The third-order valence-electron chi connectivity index (χ3n) is 10.9. The highest BCUT2D eigenvalue weighted by Crippen LogP contribution is 2.46. The van der Waals surface area contributed by atoms with Crippen LogP contribution < -0.4 is 5.32 Å². The average molecular weight is 641 g/mol. The first-order valence-corrected chi connectivity index (χ1v) is 17.0. The molecule has 0 radical (unpaired) electrons. The molecule has 43 heavy (non-hydrogen) atoms. The van der Waals surface area contributed by atoms with E-state index in [0.29, 0.717) is 43.6 Å². The van der Waals surface area contributed by atoms with Crippen LogP contribution in [0, 0.1) is 11.8 Å². The second-order valence-corrected chi connectivity index (χ2v) is 14.2. The van der Waals surface area contributed by atoms with Crippen LogP contribution in [0.15, 0.2) is 83.3 Å². The van der Waals surface area contributed by atoms with Gasteiger partial charge in [0.15, 0.2) is 0 Å². The summed E-state index contributed by atoms with van der Waals surface area (Å²) in [7, 11) is 0. The number of nitrogens with one attached hydrogen (secondary N) is 1. The second-order valence-electron chi connectivity index (χ2n) is 13.3. The number of amides is 2. The Labute approximate surface area is 264 Å². The predicted molar refractivity (Wildman–Crippen MR) is 174 cm³/mol. The van der Waals surface area contributed by atoms with E-state index in [1.54, 1.807) is 0 Å². The molecule has 3 aliphatic heterocycles. The van der Waals surface area contributed by atoms with Crippen molar-refractivity contribution in [1.82, 2.24) is 15.1 Å². The molecule has 0 aromatic heterocycles. The van der Waals surface area contributed by atoms with Gasteiger partial charge >= 0.3 is 0 Å². The van der Waals surface area contributed by atoms with Gasteiger partial charge in [0, 0.05) is 54.2 Å². The molecular weight excluding hydrogens is 598 g/mol. The molecule has 3 aromatic rings. The standard InChI is InChI=1S/C37H42BrN3O2/c38-31-16-17-32-30(20-31)23-40(35(42)28-14-8-3-9-15-28)25-37(32)24-39-22-33(37)36(43)41-19-18-29(26-10-4-1-5-11-26)21-34(41)27-12-6-2-7-13-27/h1,3-5,8-11,14-17,20,27,29,33-34,39H,2,6-7,12-13,18-19,21-25H2/t29-,33+,34+,37-/m1/s1. The largest absolute Gasteiger partial charge is 0.339 e. The highest BCUT2D eigenvalue weighted by molar-refractivity contribution is 9.10. The first kappa shape index (κ1) is 28.8. The minimum atomic E-state index is -0.455. The van der Waals surface area contributed by atoms with E-state index < -0.39 is 5.41 Å². The maximum Gasteiger partial charge on any atom is 0.254 e. The van der Waals surface area contributed by atoms with Gasteiger partial charge in [-0.25, -0.2) is 0 Å². The lowest BCUT2D eigenvalue weighted by molar-refractivity contribution is -0.143. The summed E-state index contributed by atoms with van der Waals surface area (Å²) in [4.78, 5) is 33.1. The molecule has 6 heteroatoms. The van der Waals surface area contributed by atoms with E-state index in [-0.39, 0.29) is 23.8 Å². The van der Waals surface area contributed by atoms with Crippen molar-refractivity contribution in [3.63, 3.8) is 0 Å². The SMILES string of the molecule is O=C(c1ccccc1)N1Cc2cc(Br)ccc2[C@@]2(CNC[C@H]2C(=O)N2CC[C@@H](c3ccccc3)C[C@H]2C2CCCCC2)C1. The number of nitrogens with zero attached hydrogens (tertiary/aromatic N) is 2. The molecule has 3 aromatic carbocycles. The first-order chi connectivity index (χ1) is 21.0. The lowest BCUT2D eigenvalue weighted by atomic mass is 9.67. The molecule has 0 unspecified atom stereocenters. The Balaban J connectivity index is 1.22. The van der Waals surface area contributed by atoms with E-state index in [0.717, 1.165) is 29.4 Å². The Morgan fingerprint density at radius 2 is 1.63 bits per heavy atom. The molecule has 7 rings (SSSR count). The molecule has 1 spiro atoms. The molecule has 224 valence electrons. The zero-order valence-corrected chi connectivity index (χ0v) is 26.5. The van der Waals surface area contributed by atoms with Crippen LogP contribution in [-0.2, 0) is 16.8 Å². The Kier molecular flexibility index (Phi) is 8.17. The molecule has 4 aliphatic rings. The number of carbonyl (C=O) groups excluding carboxylic acids is 2. The number of hydrogen-bond donors (Lipinski definition) is 1. The van der Waals surface area contributed by atoms with Crippen molar-refractivity contribution in [1.29, 1.82) is 0 Å². The fourth-order valence-electron chi connectivity index (χ4n) is 8.77. The van der Waals surface area contributed by atoms with Crippen LogP contribution in [0.1, 0.15) is 77.9 Å². The zero-order valence-electron chi connectivity index (χ0n) is 24.9. The quantitative estimate of drug-likeness (QED) is 0.337. The van der Waals surface area contributed by atoms with Crippen LogP contribution in [0.5, 0.6) is 0 Å². The second kappa shape index (κ2) is 12.2. The number of likely N-dealkylation sites (tertiary alicyclic amines) is 1. The van der Waals surface area contributed by atoms with Crippen molar-refractivity contribution in [2.24, 2.45) is 11.8 Å². The van der Waals surface area contributed by atoms with Crippen molar-refractivity contribution in [2.45, 2.75) is 68.9 Å². The molecule has 3 heterocycles. The fourth-order valence-corrected chi connectivity index (χ4v) is 9.18. The third-order valence-corrected chi connectivity index (χ3v) is 11.4. The molecule has 0 bridgehead atoms. The summed E-state index contributed by atoms with van der Waals surface area (Å²) >= 11 is 3.68. The van der Waals surface area contributed by atoms with Crippen molar-refractivity contribution in [3.8, 4) is 0 Å². The fraction of sp³-hybridized carbons (Fsp3) is 0.459. The number of rotatable bonds is 4. The van der Waals surface area contributed by atoms with E-state index in [1.165, 1.54) is 43.2 Å². The van der Waals surface area contributed by atoms with E-state index in [9.17, 15) is 9.59 Å². The van der Waals surface area contributed by atoms with Crippen molar-refractivity contribution in [3.05, 3.63) is 106 Å². The van der Waals surface area contributed by atoms with Crippen molar-refractivity contribution < 1.29 is 9.59 Å². The molecule has 2 saturated heterocycles. The van der Waals surface area contributed by atoms with Gasteiger partial charge in [0.05, 0.1) is 5.92 Å². The Morgan fingerprint density at radius 1 is 0.884 bits per heavy atom. The minimum absolute atomic E-state index is 0.0347. The summed E-state index contributed by atoms with van der Waals surface area (Å²) in [5.74, 6) is 1.18. The third kappa shape index (κ3) is 5.46. The van der Waals surface area contributed by atoms with E-state index >= 15 is 0 Å². The molecule has 1 saturated carbocycles. The van der Waals surface area contributed by atoms with E-state index in [2.05, 4.69) is 74.7 Å². The summed E-state index contributed by atoms with van der Waals surface area (Å²) < 4.78 is 1.00. The summed E-state index contributed by atoms with van der Waals surface area (Å²) in [5.41, 5.74) is 4.02. The number of hydrogen-bond acceptors (Lipinski definition) is 3. The van der Waals surface area contributed by atoms with Gasteiger partial charge in [0.25, 0.3) is 5.91 Å². The number of piperidine rings is 1. The maximum atomic E-state index is 15.0. The molecule has 3 fully saturated rings. The number of carbonyl (C=O) groups is 2.